The summed E-state index contributed by atoms with van der Waals surface area (Å²) >= 11 is 0. The molecule has 1 aromatic heterocycles. The first-order valence-electron chi connectivity index (χ1n) is 4.88. The zero-order valence-electron chi connectivity index (χ0n) is 9.19. The van der Waals surface area contributed by atoms with Crippen LogP contribution in [0, 0.1) is 6.92 Å². The van der Waals surface area contributed by atoms with Crippen molar-refractivity contribution in [2.75, 3.05) is 19.0 Å². The largest absolute Gasteiger partial charge is 0.360 e. The number of aromatic nitrogens is 1. The highest BCUT2D eigenvalue weighted by Crippen LogP contribution is 2.25. The van der Waals surface area contributed by atoms with E-state index in [0.29, 0.717) is 0 Å². The van der Waals surface area contributed by atoms with Gasteiger partial charge in [0, 0.05) is 25.7 Å². The van der Waals surface area contributed by atoms with E-state index in [1.165, 1.54) is 5.56 Å². The van der Waals surface area contributed by atoms with Crippen molar-refractivity contribution in [3.05, 3.63) is 35.9 Å². The summed E-state index contributed by atoms with van der Waals surface area (Å²) in [5, 5.41) is 3.98. The highest BCUT2D eigenvalue weighted by atomic mass is 16.5. The van der Waals surface area contributed by atoms with E-state index in [2.05, 4.69) is 18.1 Å². The summed E-state index contributed by atoms with van der Waals surface area (Å²) in [4.78, 5) is 1.92. The van der Waals surface area contributed by atoms with Crippen molar-refractivity contribution in [1.82, 2.24) is 5.16 Å². The van der Waals surface area contributed by atoms with Gasteiger partial charge in [0.2, 0.25) is 0 Å². The molecule has 15 heavy (non-hydrogen) atoms. The fourth-order valence-corrected chi connectivity index (χ4v) is 1.45. The van der Waals surface area contributed by atoms with Crippen molar-refractivity contribution < 1.29 is 4.52 Å². The predicted molar refractivity (Wildman–Crippen MR) is 61.0 cm³/mol. The van der Waals surface area contributed by atoms with Gasteiger partial charge >= 0.3 is 0 Å². The Balaban J connectivity index is 2.42. The second kappa shape index (κ2) is 3.77. The minimum Gasteiger partial charge on any atom is -0.360 e. The van der Waals surface area contributed by atoms with Crippen LogP contribution in [-0.4, -0.2) is 19.3 Å². The smallest absolute Gasteiger partial charge is 0.172 e. The summed E-state index contributed by atoms with van der Waals surface area (Å²) in [6.07, 6.45) is 0. The molecule has 0 N–H and O–H groups in total. The molecule has 2 rings (SSSR count). The van der Waals surface area contributed by atoms with Crippen molar-refractivity contribution in [2.24, 2.45) is 0 Å². The number of nitrogens with zero attached hydrogens (tertiary/aromatic N) is 2. The molecule has 3 nitrogen and oxygen atoms in total. The highest BCUT2D eigenvalue weighted by Gasteiger charge is 2.09. The summed E-state index contributed by atoms with van der Waals surface area (Å²) < 4.78 is 5.30. The fourth-order valence-electron chi connectivity index (χ4n) is 1.45. The molecule has 1 heterocycles. The van der Waals surface area contributed by atoms with Crippen molar-refractivity contribution >= 4 is 5.82 Å². The van der Waals surface area contributed by atoms with Crippen LogP contribution in [0.15, 0.2) is 34.9 Å². The van der Waals surface area contributed by atoms with E-state index in [4.69, 9.17) is 4.52 Å². The first-order chi connectivity index (χ1) is 7.18. The van der Waals surface area contributed by atoms with Crippen LogP contribution in [0.1, 0.15) is 5.56 Å². The fraction of sp³-hybridized carbons (Fsp3) is 0.250. The molecule has 0 aliphatic carbocycles. The van der Waals surface area contributed by atoms with Gasteiger partial charge in [-0.2, -0.15) is 0 Å². The van der Waals surface area contributed by atoms with Crippen molar-refractivity contribution in [3.8, 4) is 11.3 Å². The molecular weight excluding hydrogens is 188 g/mol. The topological polar surface area (TPSA) is 29.3 Å². The molecule has 0 unspecified atom stereocenters. The van der Waals surface area contributed by atoms with E-state index in [-0.39, 0.29) is 0 Å². The maximum atomic E-state index is 5.30. The van der Waals surface area contributed by atoms with Crippen LogP contribution in [-0.2, 0) is 0 Å². The van der Waals surface area contributed by atoms with Crippen molar-refractivity contribution in [2.45, 2.75) is 6.92 Å². The number of hydrogen-bond acceptors (Lipinski definition) is 3. The van der Waals surface area contributed by atoms with Crippen LogP contribution in [0.4, 0.5) is 5.82 Å². The van der Waals surface area contributed by atoms with Gasteiger partial charge in [-0.3, -0.25) is 0 Å². The summed E-state index contributed by atoms with van der Waals surface area (Å²) in [6, 6.07) is 10.1. The molecule has 78 valence electrons. The van der Waals surface area contributed by atoms with Crippen LogP contribution in [0.3, 0.4) is 0 Å². The average molecular weight is 202 g/mol. The number of rotatable bonds is 2. The number of hydrogen-bond donors (Lipinski definition) is 0. The molecule has 1 aromatic carbocycles. The van der Waals surface area contributed by atoms with E-state index < -0.39 is 0 Å². The lowest BCUT2D eigenvalue weighted by molar-refractivity contribution is 0.433. The summed E-state index contributed by atoms with van der Waals surface area (Å²) in [7, 11) is 3.89. The zero-order chi connectivity index (χ0) is 10.8. The Morgan fingerprint density at radius 2 is 1.93 bits per heavy atom. The van der Waals surface area contributed by atoms with E-state index >= 15 is 0 Å². The van der Waals surface area contributed by atoms with Gasteiger partial charge in [0.25, 0.3) is 0 Å². The molecular formula is C12H14N2O. The normalized spacial score (nSPS) is 10.3. The third-order valence-electron chi connectivity index (χ3n) is 2.37. The molecule has 0 spiro atoms. The quantitative estimate of drug-likeness (QED) is 0.749. The molecule has 0 radical (unpaired) electrons. The van der Waals surface area contributed by atoms with Crippen LogP contribution < -0.4 is 4.90 Å². The molecule has 2 aromatic rings. The highest BCUT2D eigenvalue weighted by molar-refractivity contribution is 5.64. The molecule has 0 bridgehead atoms. The number of aryl methyl sites for hydroxylation is 1. The summed E-state index contributed by atoms with van der Waals surface area (Å²) in [6.45, 7) is 2.06. The maximum absolute atomic E-state index is 5.30. The van der Waals surface area contributed by atoms with Crippen LogP contribution in [0.25, 0.3) is 11.3 Å². The lowest BCUT2D eigenvalue weighted by Gasteiger charge is -2.04. The molecule has 0 fully saturated rings. The second-order valence-electron chi connectivity index (χ2n) is 3.76. The number of anilines is 1. The Labute approximate surface area is 89.3 Å². The standard InChI is InChI=1S/C12H14N2O/c1-9-6-4-5-7-10(9)11-8-12(13-15-11)14(2)3/h4-8H,1-3H3. The Hall–Kier alpha value is -1.77. The summed E-state index contributed by atoms with van der Waals surface area (Å²) in [5.74, 6) is 1.66. The molecule has 0 amide bonds. The van der Waals surface area contributed by atoms with Gasteiger partial charge < -0.3 is 9.42 Å². The average Bonchev–Trinajstić information content (AvgIpc) is 2.67. The molecule has 0 saturated heterocycles. The SMILES string of the molecule is Cc1ccccc1-c1cc(N(C)C)no1. The minimum absolute atomic E-state index is 0.816. The monoisotopic (exact) mass is 202 g/mol. The second-order valence-corrected chi connectivity index (χ2v) is 3.76. The first kappa shape index (κ1) is 9.77. The van der Waals surface area contributed by atoms with Gasteiger partial charge in [0.1, 0.15) is 0 Å². The Kier molecular flexibility index (Phi) is 2.46. The first-order valence-corrected chi connectivity index (χ1v) is 4.88. The molecule has 0 aliphatic heterocycles. The van der Waals surface area contributed by atoms with Gasteiger partial charge in [-0.15, -0.1) is 0 Å². The number of benzene rings is 1. The third-order valence-corrected chi connectivity index (χ3v) is 2.37. The van der Waals surface area contributed by atoms with Crippen molar-refractivity contribution in [1.29, 1.82) is 0 Å². The summed E-state index contributed by atoms with van der Waals surface area (Å²) in [5.41, 5.74) is 2.29. The molecule has 3 heteroatoms. The lowest BCUT2D eigenvalue weighted by Crippen LogP contribution is -2.08. The Morgan fingerprint density at radius 3 is 2.53 bits per heavy atom. The van der Waals surface area contributed by atoms with E-state index in [9.17, 15) is 0 Å². The Morgan fingerprint density at radius 1 is 1.20 bits per heavy atom. The van der Waals surface area contributed by atoms with Gasteiger partial charge in [-0.05, 0) is 12.5 Å². The van der Waals surface area contributed by atoms with Gasteiger partial charge in [0.05, 0.1) is 0 Å². The lowest BCUT2D eigenvalue weighted by atomic mass is 10.1. The van der Waals surface area contributed by atoms with Gasteiger partial charge in [-0.1, -0.05) is 29.4 Å². The maximum Gasteiger partial charge on any atom is 0.172 e. The predicted octanol–water partition coefficient (Wildman–Crippen LogP) is 2.72. The van der Waals surface area contributed by atoms with Crippen LogP contribution in [0.5, 0.6) is 0 Å². The van der Waals surface area contributed by atoms with E-state index in [1.54, 1.807) is 0 Å². The van der Waals surface area contributed by atoms with Gasteiger partial charge in [0.15, 0.2) is 11.6 Å². The molecule has 0 atom stereocenters. The zero-order valence-corrected chi connectivity index (χ0v) is 9.19. The van der Waals surface area contributed by atoms with Crippen LogP contribution >= 0.6 is 0 Å². The van der Waals surface area contributed by atoms with Crippen molar-refractivity contribution in [3.63, 3.8) is 0 Å². The Bertz CT molecular complexity index is 460. The molecule has 0 aliphatic rings. The van der Waals surface area contributed by atoms with Gasteiger partial charge in [-0.25, -0.2) is 0 Å². The third kappa shape index (κ3) is 1.86. The molecule has 0 saturated carbocycles. The van der Waals surface area contributed by atoms with E-state index in [1.807, 2.05) is 43.3 Å². The minimum atomic E-state index is 0.816. The van der Waals surface area contributed by atoms with E-state index in [0.717, 1.165) is 17.1 Å². The van der Waals surface area contributed by atoms with Crippen LogP contribution in [0.2, 0.25) is 0 Å².